The highest BCUT2D eigenvalue weighted by Gasteiger charge is 2.15. The molecule has 19 heavy (non-hydrogen) atoms. The molecule has 0 spiro atoms. The van der Waals surface area contributed by atoms with E-state index in [1.54, 1.807) is 0 Å². The van der Waals surface area contributed by atoms with E-state index in [9.17, 15) is 9.59 Å². The van der Waals surface area contributed by atoms with Crippen molar-refractivity contribution in [2.24, 2.45) is 0 Å². The van der Waals surface area contributed by atoms with Gasteiger partial charge in [0.25, 0.3) is 0 Å². The summed E-state index contributed by atoms with van der Waals surface area (Å²) in [6.07, 6.45) is 15.2. The van der Waals surface area contributed by atoms with Crippen molar-refractivity contribution in [1.82, 2.24) is 5.32 Å². The van der Waals surface area contributed by atoms with Gasteiger partial charge in [0.15, 0.2) is 0 Å². The molecule has 2 amide bonds. The molecule has 1 heterocycles. The minimum Gasteiger partial charge on any atom is -0.296 e. The van der Waals surface area contributed by atoms with E-state index in [1.807, 2.05) is 0 Å². The van der Waals surface area contributed by atoms with Crippen LogP contribution in [0.5, 0.6) is 0 Å². The quantitative estimate of drug-likeness (QED) is 0.499. The summed E-state index contributed by atoms with van der Waals surface area (Å²) < 4.78 is 0. The Balaban J connectivity index is 0.000000388. The van der Waals surface area contributed by atoms with Crippen LogP contribution in [-0.2, 0) is 9.59 Å². The van der Waals surface area contributed by atoms with Gasteiger partial charge < -0.3 is 0 Å². The van der Waals surface area contributed by atoms with Crippen LogP contribution >= 0.6 is 0 Å². The molecule has 0 aromatic carbocycles. The fourth-order valence-electron chi connectivity index (χ4n) is 2.07. The maximum Gasteiger partial charge on any atom is 0.227 e. The van der Waals surface area contributed by atoms with Crippen LogP contribution in [-0.4, -0.2) is 11.8 Å². The Morgan fingerprint density at radius 3 is 1.21 bits per heavy atom. The van der Waals surface area contributed by atoms with Crippen molar-refractivity contribution in [3.8, 4) is 0 Å². The Bertz CT molecular complexity index is 215. The zero-order valence-electron chi connectivity index (χ0n) is 12.8. The molecule has 0 aliphatic carbocycles. The summed E-state index contributed by atoms with van der Waals surface area (Å²) in [5.74, 6) is -0.296. The molecule has 1 N–H and O–H groups in total. The molecule has 0 aromatic heterocycles. The number of carbonyl (C=O) groups excluding carboxylic acids is 2. The van der Waals surface area contributed by atoms with Gasteiger partial charge >= 0.3 is 0 Å². The van der Waals surface area contributed by atoms with Crippen molar-refractivity contribution < 1.29 is 9.59 Å². The van der Waals surface area contributed by atoms with Crippen molar-refractivity contribution in [3.63, 3.8) is 0 Å². The van der Waals surface area contributed by atoms with Gasteiger partial charge in [-0.2, -0.15) is 0 Å². The van der Waals surface area contributed by atoms with Crippen LogP contribution < -0.4 is 5.32 Å². The number of rotatable bonds is 9. The molecule has 0 saturated carbocycles. The van der Waals surface area contributed by atoms with Gasteiger partial charge in [-0.05, 0) is 0 Å². The Labute approximate surface area is 118 Å². The molecular weight excluding hydrogens is 238 g/mol. The van der Waals surface area contributed by atoms with Gasteiger partial charge in [-0.15, -0.1) is 0 Å². The molecule has 3 heteroatoms. The second kappa shape index (κ2) is 13.6. The van der Waals surface area contributed by atoms with Crippen molar-refractivity contribution in [2.45, 2.75) is 90.9 Å². The third-order valence-corrected chi connectivity index (χ3v) is 3.32. The summed E-state index contributed by atoms with van der Waals surface area (Å²) in [5.41, 5.74) is 0. The van der Waals surface area contributed by atoms with E-state index in [4.69, 9.17) is 0 Å². The summed E-state index contributed by atoms with van der Waals surface area (Å²) in [7, 11) is 0. The van der Waals surface area contributed by atoms with Crippen LogP contribution in [0.25, 0.3) is 0 Å². The first-order chi connectivity index (χ1) is 9.20. The highest BCUT2D eigenvalue weighted by Crippen LogP contribution is 2.09. The molecule has 1 saturated heterocycles. The monoisotopic (exact) mass is 269 g/mol. The molecule has 3 nitrogen and oxygen atoms in total. The first-order valence-electron chi connectivity index (χ1n) is 8.03. The number of imide groups is 1. The second-order valence-corrected chi connectivity index (χ2v) is 5.30. The number of unbranched alkanes of at least 4 members (excludes halogenated alkanes) is 9. The molecule has 1 aliphatic rings. The smallest absolute Gasteiger partial charge is 0.227 e. The maximum absolute atomic E-state index is 10.1. The van der Waals surface area contributed by atoms with E-state index in [2.05, 4.69) is 19.2 Å². The fourth-order valence-corrected chi connectivity index (χ4v) is 2.07. The molecule has 0 bridgehead atoms. The maximum atomic E-state index is 10.1. The molecular formula is C16H31NO2. The van der Waals surface area contributed by atoms with Crippen LogP contribution in [0.2, 0.25) is 0 Å². The van der Waals surface area contributed by atoms with Crippen LogP contribution in [0, 0.1) is 0 Å². The lowest BCUT2D eigenvalue weighted by molar-refractivity contribution is -0.124. The SMILES string of the molecule is CCCCCCCCCCCC.O=C1CCC(=O)N1. The Morgan fingerprint density at radius 1 is 0.684 bits per heavy atom. The fraction of sp³-hybridized carbons (Fsp3) is 0.875. The van der Waals surface area contributed by atoms with Gasteiger partial charge in [0.05, 0.1) is 0 Å². The van der Waals surface area contributed by atoms with Gasteiger partial charge in [0.2, 0.25) is 11.8 Å². The predicted molar refractivity (Wildman–Crippen MR) is 79.9 cm³/mol. The van der Waals surface area contributed by atoms with Crippen molar-refractivity contribution >= 4 is 11.8 Å². The van der Waals surface area contributed by atoms with E-state index in [0.717, 1.165) is 0 Å². The highest BCUT2D eigenvalue weighted by atomic mass is 16.2. The normalized spacial score (nSPS) is 14.0. The lowest BCUT2D eigenvalue weighted by atomic mass is 10.1. The van der Waals surface area contributed by atoms with Crippen molar-refractivity contribution in [3.05, 3.63) is 0 Å². The van der Waals surface area contributed by atoms with Crippen molar-refractivity contribution in [2.75, 3.05) is 0 Å². The molecule has 0 aromatic rings. The van der Waals surface area contributed by atoms with Crippen LogP contribution in [0.15, 0.2) is 0 Å². The largest absolute Gasteiger partial charge is 0.296 e. The number of nitrogens with one attached hydrogen (secondary N) is 1. The summed E-state index contributed by atoms with van der Waals surface area (Å²) in [5, 5.41) is 2.14. The average molecular weight is 269 g/mol. The van der Waals surface area contributed by atoms with Gasteiger partial charge in [-0.3, -0.25) is 14.9 Å². The van der Waals surface area contributed by atoms with Gasteiger partial charge in [0, 0.05) is 12.8 Å². The first-order valence-corrected chi connectivity index (χ1v) is 8.03. The van der Waals surface area contributed by atoms with Crippen LogP contribution in [0.3, 0.4) is 0 Å². The lowest BCUT2D eigenvalue weighted by Crippen LogP contribution is -2.18. The Kier molecular flexibility index (Phi) is 13.0. The third kappa shape index (κ3) is 13.4. The standard InChI is InChI=1S/C12H26.C4H5NO2/c1-3-5-7-9-11-12-10-8-6-4-2;6-3-1-2-4(7)5-3/h3-12H2,1-2H3;1-2H2,(H,5,6,7). The second-order valence-electron chi connectivity index (χ2n) is 5.30. The zero-order valence-corrected chi connectivity index (χ0v) is 12.8. The molecule has 0 unspecified atom stereocenters. The Morgan fingerprint density at radius 2 is 1.00 bits per heavy atom. The topological polar surface area (TPSA) is 46.2 Å². The number of carbonyl (C=O) groups is 2. The zero-order chi connectivity index (χ0) is 14.3. The third-order valence-electron chi connectivity index (χ3n) is 3.32. The number of hydrogen-bond donors (Lipinski definition) is 1. The lowest BCUT2D eigenvalue weighted by Gasteiger charge is -1.99. The molecule has 0 radical (unpaired) electrons. The molecule has 1 rings (SSSR count). The molecule has 1 fully saturated rings. The van der Waals surface area contributed by atoms with E-state index < -0.39 is 0 Å². The summed E-state index contributed by atoms with van der Waals surface area (Å²) in [6.45, 7) is 4.56. The molecule has 0 atom stereocenters. The van der Waals surface area contributed by atoms with Crippen LogP contribution in [0.1, 0.15) is 90.9 Å². The minimum absolute atomic E-state index is 0.148. The molecule has 1 aliphatic heterocycles. The predicted octanol–water partition coefficient (Wildman–Crippen LogP) is 4.35. The summed E-state index contributed by atoms with van der Waals surface area (Å²) in [6, 6.07) is 0. The number of amides is 2. The van der Waals surface area contributed by atoms with E-state index in [1.165, 1.54) is 64.2 Å². The van der Waals surface area contributed by atoms with Crippen molar-refractivity contribution in [1.29, 1.82) is 0 Å². The van der Waals surface area contributed by atoms with Gasteiger partial charge in [-0.1, -0.05) is 78.1 Å². The van der Waals surface area contributed by atoms with Gasteiger partial charge in [0.1, 0.15) is 0 Å². The average Bonchev–Trinajstić information content (AvgIpc) is 2.77. The minimum atomic E-state index is -0.148. The van der Waals surface area contributed by atoms with E-state index >= 15 is 0 Å². The number of hydrogen-bond acceptors (Lipinski definition) is 2. The first kappa shape index (κ1) is 18.1. The highest BCUT2D eigenvalue weighted by molar-refractivity contribution is 6.01. The Hall–Kier alpha value is -0.860. The van der Waals surface area contributed by atoms with Crippen LogP contribution in [0.4, 0.5) is 0 Å². The van der Waals surface area contributed by atoms with E-state index in [-0.39, 0.29) is 11.8 Å². The van der Waals surface area contributed by atoms with Gasteiger partial charge in [-0.25, -0.2) is 0 Å². The van der Waals surface area contributed by atoms with E-state index in [0.29, 0.717) is 12.8 Å². The summed E-state index contributed by atoms with van der Waals surface area (Å²) in [4.78, 5) is 20.2. The summed E-state index contributed by atoms with van der Waals surface area (Å²) >= 11 is 0. The molecule has 112 valence electrons.